The molecule has 148 valence electrons. The zero-order chi connectivity index (χ0) is 19.2. The van der Waals surface area contributed by atoms with Crippen LogP contribution >= 0.6 is 0 Å². The number of hydrogen-bond acceptors (Lipinski definition) is 4. The van der Waals surface area contributed by atoms with Crippen LogP contribution in [0.1, 0.15) is 57.2 Å². The predicted molar refractivity (Wildman–Crippen MR) is 103 cm³/mol. The number of hydrogen-bond donors (Lipinski definition) is 0. The Morgan fingerprint density at radius 2 is 1.93 bits per heavy atom. The van der Waals surface area contributed by atoms with E-state index in [-0.39, 0.29) is 17.5 Å². The summed E-state index contributed by atoms with van der Waals surface area (Å²) in [6, 6.07) is 4.65. The zero-order valence-corrected chi connectivity index (χ0v) is 16.8. The van der Waals surface area contributed by atoms with E-state index in [0.29, 0.717) is 18.6 Å². The third kappa shape index (κ3) is 3.99. The first-order chi connectivity index (χ1) is 12.8. The molecule has 3 aliphatic rings. The van der Waals surface area contributed by atoms with Crippen LogP contribution in [0.15, 0.2) is 24.0 Å². The summed E-state index contributed by atoms with van der Waals surface area (Å²) in [5.41, 5.74) is 2.57. The van der Waals surface area contributed by atoms with E-state index in [2.05, 4.69) is 37.8 Å². The van der Waals surface area contributed by atoms with E-state index in [1.165, 1.54) is 17.2 Å². The Balaban J connectivity index is 1.52. The van der Waals surface area contributed by atoms with Gasteiger partial charge in [-0.15, -0.1) is 0 Å². The van der Waals surface area contributed by atoms with Gasteiger partial charge in [0.2, 0.25) is 0 Å². The minimum atomic E-state index is -0.179. The fourth-order valence-electron chi connectivity index (χ4n) is 4.46. The van der Waals surface area contributed by atoms with Gasteiger partial charge in [0.1, 0.15) is 11.9 Å². The largest absolute Gasteiger partial charge is 0.493 e. The van der Waals surface area contributed by atoms with Crippen molar-refractivity contribution in [2.24, 2.45) is 0 Å². The highest BCUT2D eigenvalue weighted by Crippen LogP contribution is 2.43. The van der Waals surface area contributed by atoms with Gasteiger partial charge >= 0.3 is 0 Å². The molecule has 3 unspecified atom stereocenters. The molecule has 1 fully saturated rings. The molecule has 5 heteroatoms. The lowest BCUT2D eigenvalue weighted by atomic mass is 9.85. The number of nitrogens with zero attached hydrogens (tertiary/aromatic N) is 1. The molecule has 2 aliphatic heterocycles. The molecule has 2 heterocycles. The number of piperidine rings is 1. The van der Waals surface area contributed by atoms with Crippen molar-refractivity contribution >= 4 is 0 Å². The summed E-state index contributed by atoms with van der Waals surface area (Å²) in [5, 5.41) is 0. The van der Waals surface area contributed by atoms with Gasteiger partial charge in [0.25, 0.3) is 0 Å². The lowest BCUT2D eigenvalue weighted by molar-refractivity contribution is -0.0971. The molecule has 1 aliphatic carbocycles. The molecule has 4 nitrogen and oxygen atoms in total. The lowest BCUT2D eigenvalue weighted by Gasteiger charge is -2.45. The molecular weight excluding hydrogens is 345 g/mol. The molecule has 0 aromatic heterocycles. The monoisotopic (exact) mass is 375 g/mol. The molecule has 1 aromatic carbocycles. The number of rotatable bonds is 4. The molecule has 0 N–H and O–H groups in total. The Labute approximate surface area is 161 Å². The van der Waals surface area contributed by atoms with Gasteiger partial charge < -0.3 is 14.2 Å². The van der Waals surface area contributed by atoms with Crippen molar-refractivity contribution in [3.05, 3.63) is 35.2 Å². The van der Waals surface area contributed by atoms with Crippen molar-refractivity contribution in [3.63, 3.8) is 0 Å². The highest BCUT2D eigenvalue weighted by molar-refractivity contribution is 5.50. The van der Waals surface area contributed by atoms with Crippen LogP contribution in [0.5, 0.6) is 11.5 Å². The van der Waals surface area contributed by atoms with Crippen LogP contribution in [-0.2, 0) is 11.2 Å². The van der Waals surface area contributed by atoms with Gasteiger partial charge in [0, 0.05) is 25.6 Å². The van der Waals surface area contributed by atoms with Crippen LogP contribution in [0.25, 0.3) is 0 Å². The second kappa shape index (κ2) is 7.10. The van der Waals surface area contributed by atoms with E-state index in [0.717, 1.165) is 43.9 Å². The number of methoxy groups -OCH3 is 1. The standard InChI is InChI=1S/C22H30FNO3/c1-22(2,3)27-16-5-6-19-18-12-20(25-4)21(26-17-10-15(23)11-17)9-14(18)7-8-24(19)13-16/h9-10,12,16-17,19H,5-8,11,13H2,1-4H3. The zero-order valence-electron chi connectivity index (χ0n) is 16.8. The maximum absolute atomic E-state index is 13.0. The van der Waals surface area contributed by atoms with Gasteiger partial charge in [0.15, 0.2) is 11.5 Å². The third-order valence-electron chi connectivity index (χ3n) is 5.66. The summed E-state index contributed by atoms with van der Waals surface area (Å²) in [6.45, 7) is 8.39. The Kier molecular flexibility index (Phi) is 4.93. The molecule has 1 aromatic rings. The summed E-state index contributed by atoms with van der Waals surface area (Å²) in [6.07, 6.45) is 5.15. The van der Waals surface area contributed by atoms with E-state index in [1.54, 1.807) is 7.11 Å². The van der Waals surface area contributed by atoms with Crippen LogP contribution in [-0.4, -0.2) is 42.9 Å². The first kappa shape index (κ1) is 18.8. The number of halogens is 1. The normalized spacial score (nSPS) is 27.9. The summed E-state index contributed by atoms with van der Waals surface area (Å²) in [5.74, 6) is 1.37. The molecule has 0 saturated carbocycles. The van der Waals surface area contributed by atoms with Crippen molar-refractivity contribution in [2.75, 3.05) is 20.2 Å². The van der Waals surface area contributed by atoms with Crippen LogP contribution in [0, 0.1) is 0 Å². The van der Waals surface area contributed by atoms with Crippen LogP contribution < -0.4 is 9.47 Å². The van der Waals surface area contributed by atoms with Crippen molar-refractivity contribution in [1.29, 1.82) is 0 Å². The summed E-state index contributed by atoms with van der Waals surface area (Å²) in [4.78, 5) is 2.55. The van der Waals surface area contributed by atoms with Crippen molar-refractivity contribution in [2.45, 2.75) is 70.3 Å². The van der Waals surface area contributed by atoms with Crippen LogP contribution in [0.3, 0.4) is 0 Å². The molecule has 0 amide bonds. The van der Waals surface area contributed by atoms with Gasteiger partial charge in [0.05, 0.1) is 18.8 Å². The van der Waals surface area contributed by atoms with Crippen LogP contribution in [0.2, 0.25) is 0 Å². The second-order valence-electron chi connectivity index (χ2n) is 8.87. The van der Waals surface area contributed by atoms with Gasteiger partial charge in [-0.25, -0.2) is 4.39 Å². The SMILES string of the molecule is COc1cc2c(cc1OC1C=C(F)C1)CCN1CC(OC(C)(C)C)CCC21. The quantitative estimate of drug-likeness (QED) is 0.771. The van der Waals surface area contributed by atoms with Crippen molar-refractivity contribution in [1.82, 2.24) is 4.90 Å². The molecule has 0 bridgehead atoms. The molecule has 1 saturated heterocycles. The molecule has 27 heavy (non-hydrogen) atoms. The fraction of sp³-hybridized carbons (Fsp3) is 0.636. The molecular formula is C22H30FNO3. The lowest BCUT2D eigenvalue weighted by Crippen LogP contribution is -2.47. The fourth-order valence-corrected chi connectivity index (χ4v) is 4.46. The third-order valence-corrected chi connectivity index (χ3v) is 5.66. The van der Waals surface area contributed by atoms with Gasteiger partial charge in [-0.1, -0.05) is 0 Å². The topological polar surface area (TPSA) is 30.9 Å². The first-order valence-electron chi connectivity index (χ1n) is 9.98. The van der Waals surface area contributed by atoms with E-state index in [1.807, 2.05) is 0 Å². The van der Waals surface area contributed by atoms with Crippen molar-refractivity contribution in [3.8, 4) is 11.5 Å². The highest BCUT2D eigenvalue weighted by Gasteiger charge is 2.36. The molecule has 0 radical (unpaired) electrons. The Morgan fingerprint density at radius 3 is 2.59 bits per heavy atom. The first-order valence-corrected chi connectivity index (χ1v) is 9.98. The van der Waals surface area contributed by atoms with Gasteiger partial charge in [-0.05, 0) is 69.4 Å². The number of benzene rings is 1. The summed E-state index contributed by atoms with van der Waals surface area (Å²) in [7, 11) is 1.67. The molecule has 0 spiro atoms. The van der Waals surface area contributed by atoms with Crippen LogP contribution in [0.4, 0.5) is 4.39 Å². The average molecular weight is 375 g/mol. The predicted octanol–water partition coefficient (Wildman–Crippen LogP) is 4.58. The maximum atomic E-state index is 13.0. The van der Waals surface area contributed by atoms with Gasteiger partial charge in [-0.2, -0.15) is 0 Å². The minimum Gasteiger partial charge on any atom is -0.493 e. The van der Waals surface area contributed by atoms with E-state index in [4.69, 9.17) is 14.2 Å². The number of ether oxygens (including phenoxy) is 3. The minimum absolute atomic E-state index is 0.0956. The summed E-state index contributed by atoms with van der Waals surface area (Å²) >= 11 is 0. The van der Waals surface area contributed by atoms with E-state index >= 15 is 0 Å². The van der Waals surface area contributed by atoms with E-state index < -0.39 is 0 Å². The second-order valence-corrected chi connectivity index (χ2v) is 8.87. The Morgan fingerprint density at radius 1 is 1.15 bits per heavy atom. The number of fused-ring (bicyclic) bond motifs is 3. The maximum Gasteiger partial charge on any atom is 0.162 e. The van der Waals surface area contributed by atoms with E-state index in [9.17, 15) is 4.39 Å². The Bertz CT molecular complexity index is 740. The molecule has 4 rings (SSSR count). The van der Waals surface area contributed by atoms with Crippen molar-refractivity contribution < 1.29 is 18.6 Å². The van der Waals surface area contributed by atoms with Gasteiger partial charge in [-0.3, -0.25) is 4.90 Å². The average Bonchev–Trinajstić information content (AvgIpc) is 2.58. The highest BCUT2D eigenvalue weighted by atomic mass is 19.1. The Hall–Kier alpha value is -1.59. The molecule has 3 atom stereocenters. The summed E-state index contributed by atoms with van der Waals surface area (Å²) < 4.78 is 30.7. The smallest absolute Gasteiger partial charge is 0.162 e.